The van der Waals surface area contributed by atoms with Gasteiger partial charge in [-0.05, 0) is 72.8 Å². The molecule has 1 fully saturated rings. The van der Waals surface area contributed by atoms with E-state index < -0.39 is 0 Å². The minimum atomic E-state index is -0.0932. The number of nitrogens with zero attached hydrogens (tertiary/aromatic N) is 2. The highest BCUT2D eigenvalue weighted by Crippen LogP contribution is 2.17. The number of aliphatic hydroxyl groups is 1. The fraction of sp³-hybridized carbons (Fsp3) is 1.00. The van der Waals surface area contributed by atoms with E-state index in [-0.39, 0.29) is 12.1 Å². The third-order valence-corrected chi connectivity index (χ3v) is 4.81. The molecule has 0 amide bonds. The second-order valence-electron chi connectivity index (χ2n) is 7.16. The van der Waals surface area contributed by atoms with Crippen LogP contribution in [0, 0.1) is 0 Å². The van der Waals surface area contributed by atoms with Gasteiger partial charge in [0.25, 0.3) is 0 Å². The van der Waals surface area contributed by atoms with Crippen LogP contribution in [0.1, 0.15) is 52.4 Å². The molecule has 0 aromatic rings. The molecule has 0 aromatic carbocycles. The standard InChI is InChI=1S/C17H37N3O/c1-5-11-18-17(2,15-21)10-6-7-12-20-13-8-9-16(14-20)19(3)4/h16,18,21H,5-15H2,1-4H3. The lowest BCUT2D eigenvalue weighted by Gasteiger charge is -2.36. The zero-order valence-electron chi connectivity index (χ0n) is 14.7. The molecule has 126 valence electrons. The molecule has 1 rings (SSSR count). The molecule has 0 bridgehead atoms. The highest BCUT2D eigenvalue weighted by atomic mass is 16.3. The van der Waals surface area contributed by atoms with E-state index in [1.807, 2.05) is 0 Å². The van der Waals surface area contributed by atoms with E-state index in [0.717, 1.165) is 25.4 Å². The molecule has 2 atom stereocenters. The maximum atomic E-state index is 9.58. The number of aliphatic hydroxyl groups excluding tert-OH is 1. The van der Waals surface area contributed by atoms with Crippen LogP contribution in [0.2, 0.25) is 0 Å². The summed E-state index contributed by atoms with van der Waals surface area (Å²) < 4.78 is 0. The lowest BCUT2D eigenvalue weighted by Crippen LogP contribution is -2.46. The van der Waals surface area contributed by atoms with E-state index in [4.69, 9.17) is 0 Å². The Morgan fingerprint density at radius 3 is 2.71 bits per heavy atom. The smallest absolute Gasteiger partial charge is 0.0610 e. The zero-order chi connectivity index (χ0) is 15.7. The van der Waals surface area contributed by atoms with Gasteiger partial charge in [0.2, 0.25) is 0 Å². The van der Waals surface area contributed by atoms with Crippen molar-refractivity contribution in [2.45, 2.75) is 64.0 Å². The van der Waals surface area contributed by atoms with Crippen molar-refractivity contribution in [3.05, 3.63) is 0 Å². The van der Waals surface area contributed by atoms with Crippen molar-refractivity contribution in [3.8, 4) is 0 Å². The summed E-state index contributed by atoms with van der Waals surface area (Å²) in [5.41, 5.74) is -0.0932. The average molecular weight is 300 g/mol. The van der Waals surface area contributed by atoms with Gasteiger partial charge in [-0.1, -0.05) is 13.3 Å². The first kappa shape index (κ1) is 18.9. The van der Waals surface area contributed by atoms with Gasteiger partial charge >= 0.3 is 0 Å². The zero-order valence-corrected chi connectivity index (χ0v) is 14.7. The Morgan fingerprint density at radius 1 is 1.33 bits per heavy atom. The second kappa shape index (κ2) is 9.78. The summed E-state index contributed by atoms with van der Waals surface area (Å²) in [5.74, 6) is 0. The lowest BCUT2D eigenvalue weighted by atomic mass is 9.95. The Balaban J connectivity index is 2.20. The molecule has 0 aromatic heterocycles. The first-order valence-electron chi connectivity index (χ1n) is 8.75. The quantitative estimate of drug-likeness (QED) is 0.605. The van der Waals surface area contributed by atoms with Crippen molar-refractivity contribution in [3.63, 3.8) is 0 Å². The monoisotopic (exact) mass is 299 g/mol. The normalized spacial score (nSPS) is 23.4. The van der Waals surface area contributed by atoms with Gasteiger partial charge in [0.05, 0.1) is 6.61 Å². The van der Waals surface area contributed by atoms with E-state index >= 15 is 0 Å². The van der Waals surface area contributed by atoms with Crippen molar-refractivity contribution in [1.29, 1.82) is 0 Å². The molecular formula is C17H37N3O. The minimum Gasteiger partial charge on any atom is -0.394 e. The fourth-order valence-electron chi connectivity index (χ4n) is 3.16. The maximum absolute atomic E-state index is 9.58. The van der Waals surface area contributed by atoms with Gasteiger partial charge in [0.1, 0.15) is 0 Å². The van der Waals surface area contributed by atoms with Crippen LogP contribution in [-0.4, -0.2) is 73.4 Å². The molecule has 2 unspecified atom stereocenters. The Kier molecular flexibility index (Phi) is 8.79. The number of hydrogen-bond donors (Lipinski definition) is 2. The van der Waals surface area contributed by atoms with Crippen LogP contribution in [0.4, 0.5) is 0 Å². The van der Waals surface area contributed by atoms with E-state index in [1.54, 1.807) is 0 Å². The Bertz CT molecular complexity index is 273. The van der Waals surface area contributed by atoms with E-state index in [9.17, 15) is 5.11 Å². The summed E-state index contributed by atoms with van der Waals surface area (Å²) in [6.07, 6.45) is 7.28. The summed E-state index contributed by atoms with van der Waals surface area (Å²) in [6.45, 7) is 9.23. The molecule has 1 heterocycles. The molecule has 0 radical (unpaired) electrons. The highest BCUT2D eigenvalue weighted by Gasteiger charge is 2.23. The maximum Gasteiger partial charge on any atom is 0.0610 e. The molecule has 2 N–H and O–H groups in total. The lowest BCUT2D eigenvalue weighted by molar-refractivity contribution is 0.127. The van der Waals surface area contributed by atoms with Crippen LogP contribution in [0.25, 0.3) is 0 Å². The molecule has 1 saturated heterocycles. The third-order valence-electron chi connectivity index (χ3n) is 4.81. The van der Waals surface area contributed by atoms with E-state index in [2.05, 4.69) is 43.1 Å². The average Bonchev–Trinajstić information content (AvgIpc) is 2.50. The van der Waals surface area contributed by atoms with Crippen LogP contribution in [0.15, 0.2) is 0 Å². The Labute approximate surface area is 131 Å². The van der Waals surface area contributed by atoms with Crippen molar-refractivity contribution < 1.29 is 5.11 Å². The summed E-state index contributed by atoms with van der Waals surface area (Å²) >= 11 is 0. The van der Waals surface area contributed by atoms with Crippen molar-refractivity contribution in [2.24, 2.45) is 0 Å². The van der Waals surface area contributed by atoms with Gasteiger partial charge in [-0.3, -0.25) is 0 Å². The van der Waals surface area contributed by atoms with Crippen LogP contribution in [0.3, 0.4) is 0 Å². The number of likely N-dealkylation sites (tertiary alicyclic amines) is 1. The van der Waals surface area contributed by atoms with Crippen molar-refractivity contribution >= 4 is 0 Å². The Morgan fingerprint density at radius 2 is 2.10 bits per heavy atom. The largest absolute Gasteiger partial charge is 0.394 e. The van der Waals surface area contributed by atoms with Gasteiger partial charge in [-0.15, -0.1) is 0 Å². The SMILES string of the molecule is CCCNC(C)(CO)CCCCN1CCCC(N(C)C)C1. The molecule has 0 aliphatic carbocycles. The van der Waals surface area contributed by atoms with Crippen molar-refractivity contribution in [2.75, 3.05) is 46.9 Å². The second-order valence-corrected chi connectivity index (χ2v) is 7.16. The van der Waals surface area contributed by atoms with Gasteiger partial charge in [-0.25, -0.2) is 0 Å². The summed E-state index contributed by atoms with van der Waals surface area (Å²) in [7, 11) is 4.39. The van der Waals surface area contributed by atoms with Gasteiger partial charge in [-0.2, -0.15) is 0 Å². The number of hydrogen-bond acceptors (Lipinski definition) is 4. The first-order chi connectivity index (χ1) is 10.0. The number of rotatable bonds is 10. The van der Waals surface area contributed by atoms with Crippen LogP contribution >= 0.6 is 0 Å². The number of nitrogens with one attached hydrogen (secondary N) is 1. The minimum absolute atomic E-state index is 0.0932. The Hall–Kier alpha value is -0.160. The van der Waals surface area contributed by atoms with Crippen molar-refractivity contribution in [1.82, 2.24) is 15.1 Å². The number of likely N-dealkylation sites (N-methyl/N-ethyl adjacent to an activating group) is 1. The van der Waals surface area contributed by atoms with Crippen LogP contribution in [-0.2, 0) is 0 Å². The predicted molar refractivity (Wildman–Crippen MR) is 90.8 cm³/mol. The number of unbranched alkanes of at least 4 members (excludes halogenated alkanes) is 1. The van der Waals surface area contributed by atoms with Crippen LogP contribution in [0.5, 0.6) is 0 Å². The van der Waals surface area contributed by atoms with E-state index in [0.29, 0.717) is 0 Å². The van der Waals surface area contributed by atoms with Gasteiger partial charge < -0.3 is 20.2 Å². The summed E-state index contributed by atoms with van der Waals surface area (Å²) in [6, 6.07) is 0.729. The summed E-state index contributed by atoms with van der Waals surface area (Å²) in [4.78, 5) is 4.98. The third kappa shape index (κ3) is 7.09. The molecule has 4 heteroatoms. The molecule has 1 aliphatic heterocycles. The topological polar surface area (TPSA) is 38.7 Å². The molecule has 0 saturated carbocycles. The molecule has 4 nitrogen and oxygen atoms in total. The first-order valence-corrected chi connectivity index (χ1v) is 8.75. The highest BCUT2D eigenvalue weighted by molar-refractivity contribution is 4.82. The molecule has 1 aliphatic rings. The molecule has 21 heavy (non-hydrogen) atoms. The predicted octanol–water partition coefficient (Wildman–Crippen LogP) is 1.93. The molecular weight excluding hydrogens is 262 g/mol. The fourth-order valence-corrected chi connectivity index (χ4v) is 3.16. The summed E-state index contributed by atoms with van der Waals surface area (Å²) in [5, 5.41) is 13.1. The van der Waals surface area contributed by atoms with E-state index in [1.165, 1.54) is 45.3 Å². The van der Waals surface area contributed by atoms with Gasteiger partial charge in [0.15, 0.2) is 0 Å². The number of piperidine rings is 1. The molecule has 0 spiro atoms. The van der Waals surface area contributed by atoms with Gasteiger partial charge in [0, 0.05) is 18.1 Å². The van der Waals surface area contributed by atoms with Crippen LogP contribution < -0.4 is 5.32 Å².